The summed E-state index contributed by atoms with van der Waals surface area (Å²) < 4.78 is 11.4. The smallest absolute Gasteiger partial charge is 0.269 e. The number of rotatable bonds is 10. The lowest BCUT2D eigenvalue weighted by atomic mass is 10.2. The van der Waals surface area contributed by atoms with Crippen LogP contribution in [0.1, 0.15) is 18.1 Å². The van der Waals surface area contributed by atoms with Crippen molar-refractivity contribution in [3.05, 3.63) is 86.9 Å². The second kappa shape index (κ2) is 11.2. The molecule has 172 valence electrons. The van der Waals surface area contributed by atoms with E-state index in [-0.39, 0.29) is 18.2 Å². The minimum absolute atomic E-state index is 0.0372. The van der Waals surface area contributed by atoms with E-state index in [0.29, 0.717) is 35.4 Å². The number of benzene rings is 3. The number of anilines is 2. The normalized spacial score (nSPS) is 10.4. The molecule has 3 aromatic carbocycles. The van der Waals surface area contributed by atoms with Gasteiger partial charge in [0, 0.05) is 35.1 Å². The van der Waals surface area contributed by atoms with Crippen LogP contribution in [0.2, 0.25) is 5.02 Å². The summed E-state index contributed by atoms with van der Waals surface area (Å²) in [4.78, 5) is 22.6. The number of ether oxygens (including phenoxy) is 2. The molecule has 8 nitrogen and oxygen atoms in total. The molecule has 0 aromatic heterocycles. The second-order valence-electron chi connectivity index (χ2n) is 7.17. The van der Waals surface area contributed by atoms with Crippen LogP contribution in [0.4, 0.5) is 17.1 Å². The zero-order valence-corrected chi connectivity index (χ0v) is 19.0. The fourth-order valence-electron chi connectivity index (χ4n) is 2.97. The molecule has 3 aromatic rings. The highest BCUT2D eigenvalue weighted by Crippen LogP contribution is 2.29. The van der Waals surface area contributed by atoms with E-state index in [0.717, 1.165) is 16.8 Å². The highest BCUT2D eigenvalue weighted by atomic mass is 35.5. The molecule has 0 unspecified atom stereocenters. The van der Waals surface area contributed by atoms with Crippen molar-refractivity contribution in [1.82, 2.24) is 0 Å². The molecule has 0 atom stereocenters. The molecule has 33 heavy (non-hydrogen) atoms. The topological polar surface area (TPSA) is 103 Å². The number of non-ortho nitro benzene ring substituents is 1. The fraction of sp³-hybridized carbons (Fsp3) is 0.208. The number of nitro groups is 1. The van der Waals surface area contributed by atoms with Crippen molar-refractivity contribution in [3.63, 3.8) is 0 Å². The van der Waals surface area contributed by atoms with E-state index in [2.05, 4.69) is 10.6 Å². The van der Waals surface area contributed by atoms with E-state index in [1.165, 1.54) is 12.1 Å². The third-order valence-corrected chi connectivity index (χ3v) is 5.10. The van der Waals surface area contributed by atoms with Crippen LogP contribution in [-0.4, -0.2) is 24.0 Å². The maximum atomic E-state index is 12.3. The van der Waals surface area contributed by atoms with Crippen molar-refractivity contribution in [2.45, 2.75) is 20.4 Å². The first-order chi connectivity index (χ1) is 15.9. The van der Waals surface area contributed by atoms with Crippen molar-refractivity contribution in [1.29, 1.82) is 0 Å². The van der Waals surface area contributed by atoms with E-state index in [9.17, 15) is 14.9 Å². The average molecular weight is 470 g/mol. The van der Waals surface area contributed by atoms with Gasteiger partial charge in [-0.05, 0) is 61.4 Å². The van der Waals surface area contributed by atoms with Gasteiger partial charge >= 0.3 is 0 Å². The molecule has 0 aliphatic rings. The maximum Gasteiger partial charge on any atom is 0.269 e. The second-order valence-corrected chi connectivity index (χ2v) is 7.58. The van der Waals surface area contributed by atoms with Crippen molar-refractivity contribution < 1.29 is 19.2 Å². The van der Waals surface area contributed by atoms with Crippen LogP contribution >= 0.6 is 11.6 Å². The third kappa shape index (κ3) is 6.85. The lowest BCUT2D eigenvalue weighted by Gasteiger charge is -2.14. The average Bonchev–Trinajstić information content (AvgIpc) is 2.80. The van der Waals surface area contributed by atoms with Gasteiger partial charge in [0.1, 0.15) is 0 Å². The highest BCUT2D eigenvalue weighted by Gasteiger charge is 2.11. The Bertz CT molecular complexity index is 1140. The lowest BCUT2D eigenvalue weighted by Crippen LogP contribution is -2.20. The van der Waals surface area contributed by atoms with Crippen LogP contribution in [0, 0.1) is 17.0 Å². The van der Waals surface area contributed by atoms with Gasteiger partial charge in [0.2, 0.25) is 0 Å². The monoisotopic (exact) mass is 469 g/mol. The first kappa shape index (κ1) is 23.9. The van der Waals surface area contributed by atoms with Crippen LogP contribution in [0.25, 0.3) is 0 Å². The summed E-state index contributed by atoms with van der Waals surface area (Å²) in [6.45, 7) is 4.47. The predicted octanol–water partition coefficient (Wildman–Crippen LogP) is 5.58. The Morgan fingerprint density at radius 3 is 2.39 bits per heavy atom. The molecule has 0 saturated carbocycles. The molecule has 0 aliphatic carbocycles. The van der Waals surface area contributed by atoms with Crippen LogP contribution < -0.4 is 20.1 Å². The number of nitrogens with one attached hydrogen (secondary N) is 2. The van der Waals surface area contributed by atoms with Gasteiger partial charge in [-0.15, -0.1) is 0 Å². The summed E-state index contributed by atoms with van der Waals surface area (Å²) in [5.74, 6) is 0.654. The molecule has 0 saturated heterocycles. The van der Waals surface area contributed by atoms with Gasteiger partial charge in [0.05, 0.1) is 11.5 Å². The molecule has 0 radical (unpaired) electrons. The van der Waals surface area contributed by atoms with Gasteiger partial charge in [0.25, 0.3) is 11.6 Å². The number of carbonyl (C=O) groups excluding carboxylic acids is 1. The summed E-state index contributed by atoms with van der Waals surface area (Å²) in [5, 5.41) is 17.3. The lowest BCUT2D eigenvalue weighted by molar-refractivity contribution is -0.384. The Kier molecular flexibility index (Phi) is 8.10. The van der Waals surface area contributed by atoms with E-state index in [1.807, 2.05) is 32.0 Å². The van der Waals surface area contributed by atoms with E-state index >= 15 is 0 Å². The number of carbonyl (C=O) groups is 1. The summed E-state index contributed by atoms with van der Waals surface area (Å²) in [7, 11) is 0. The standard InChI is InChI=1S/C24H24ClN3O5/c1-3-32-23-12-17(14-26-18-7-9-20(10-8-18)28(30)31)5-11-22(23)33-15-24(29)27-19-6-4-16(2)21(25)13-19/h4-13,26H,3,14-15H2,1-2H3,(H,27,29). The van der Waals surface area contributed by atoms with Crippen molar-refractivity contribution in [2.75, 3.05) is 23.8 Å². The number of hydrogen-bond donors (Lipinski definition) is 2. The molecule has 0 aliphatic heterocycles. The number of nitrogens with zero attached hydrogens (tertiary/aromatic N) is 1. The molecule has 9 heteroatoms. The quantitative estimate of drug-likeness (QED) is 0.296. The maximum absolute atomic E-state index is 12.3. The molecule has 2 N–H and O–H groups in total. The zero-order chi connectivity index (χ0) is 23.8. The number of halogens is 1. The Labute approximate surface area is 196 Å². The first-order valence-electron chi connectivity index (χ1n) is 10.3. The predicted molar refractivity (Wildman–Crippen MR) is 128 cm³/mol. The van der Waals surface area contributed by atoms with Crippen molar-refractivity contribution in [3.8, 4) is 11.5 Å². The summed E-state index contributed by atoms with van der Waals surface area (Å²) >= 11 is 6.09. The molecular formula is C24H24ClN3O5. The Morgan fingerprint density at radius 1 is 1.00 bits per heavy atom. The van der Waals surface area contributed by atoms with E-state index < -0.39 is 4.92 Å². The highest BCUT2D eigenvalue weighted by molar-refractivity contribution is 6.31. The zero-order valence-electron chi connectivity index (χ0n) is 18.3. The number of hydrogen-bond acceptors (Lipinski definition) is 6. The molecule has 0 spiro atoms. The van der Waals surface area contributed by atoms with E-state index in [4.69, 9.17) is 21.1 Å². The van der Waals surface area contributed by atoms with Gasteiger partial charge in [0.15, 0.2) is 18.1 Å². The summed E-state index contributed by atoms with van der Waals surface area (Å²) in [6, 6.07) is 16.9. The van der Waals surface area contributed by atoms with Gasteiger partial charge in [-0.3, -0.25) is 14.9 Å². The summed E-state index contributed by atoms with van der Waals surface area (Å²) in [5.41, 5.74) is 3.23. The minimum Gasteiger partial charge on any atom is -0.490 e. The van der Waals surface area contributed by atoms with Crippen LogP contribution in [-0.2, 0) is 11.3 Å². The first-order valence-corrected chi connectivity index (χ1v) is 10.7. The number of amides is 1. The molecule has 3 rings (SSSR count). The number of aryl methyl sites for hydroxylation is 1. The van der Waals surface area contributed by atoms with Gasteiger partial charge in [-0.2, -0.15) is 0 Å². The summed E-state index contributed by atoms with van der Waals surface area (Å²) in [6.07, 6.45) is 0. The molecule has 1 amide bonds. The van der Waals surface area contributed by atoms with Gasteiger partial charge in [-0.25, -0.2) is 0 Å². The number of nitro benzene ring substituents is 1. The Morgan fingerprint density at radius 2 is 1.73 bits per heavy atom. The van der Waals surface area contributed by atoms with Crippen LogP contribution in [0.3, 0.4) is 0 Å². The molecular weight excluding hydrogens is 446 g/mol. The van der Waals surface area contributed by atoms with Crippen LogP contribution in [0.5, 0.6) is 11.5 Å². The fourth-order valence-corrected chi connectivity index (χ4v) is 3.15. The third-order valence-electron chi connectivity index (χ3n) is 4.70. The molecule has 0 bridgehead atoms. The minimum atomic E-state index is -0.437. The molecule has 0 fully saturated rings. The van der Waals surface area contributed by atoms with E-state index in [1.54, 1.807) is 30.3 Å². The van der Waals surface area contributed by atoms with Crippen LogP contribution in [0.15, 0.2) is 60.7 Å². The Balaban J connectivity index is 1.59. The Hall–Kier alpha value is -3.78. The largest absolute Gasteiger partial charge is 0.490 e. The SMILES string of the molecule is CCOc1cc(CNc2ccc([N+](=O)[O-])cc2)ccc1OCC(=O)Nc1ccc(C)c(Cl)c1. The van der Waals surface area contributed by atoms with Gasteiger partial charge < -0.3 is 20.1 Å². The van der Waals surface area contributed by atoms with Crippen molar-refractivity contribution in [2.24, 2.45) is 0 Å². The molecule has 0 heterocycles. The van der Waals surface area contributed by atoms with Crippen molar-refractivity contribution >= 4 is 34.6 Å². The van der Waals surface area contributed by atoms with Gasteiger partial charge in [-0.1, -0.05) is 23.7 Å².